The van der Waals surface area contributed by atoms with Gasteiger partial charge in [0.2, 0.25) is 0 Å². The summed E-state index contributed by atoms with van der Waals surface area (Å²) in [5.74, 6) is 1.69. The Morgan fingerprint density at radius 2 is 1.00 bits per heavy atom. The highest BCUT2D eigenvalue weighted by molar-refractivity contribution is 9.09. The number of ketones is 2. The Labute approximate surface area is 214 Å². The fourth-order valence-electron chi connectivity index (χ4n) is 3.08. The standard InChI is InChI=1S/C15H13BrO2.C15H14O2/c16-10-15(17)13-6-8-14(9-7-13)18-11-12-4-2-1-3-5-12;1-12(16)14-7-9-15(10-8-14)17-11-13-5-3-2-4-6-13/h1-9H,10-11H2;2-10H,11H2,1H3. The molecule has 0 saturated carbocycles. The molecule has 0 amide bonds. The zero-order chi connectivity index (χ0) is 24.9. The van der Waals surface area contributed by atoms with Crippen molar-refractivity contribution in [1.82, 2.24) is 0 Å². The maximum Gasteiger partial charge on any atom is 0.173 e. The number of halogens is 1. The highest BCUT2D eigenvalue weighted by Crippen LogP contribution is 2.16. The number of ether oxygens (including phenoxy) is 2. The molecule has 0 aliphatic carbocycles. The Bertz CT molecular complexity index is 1190. The fourth-order valence-corrected chi connectivity index (χ4v) is 3.41. The largest absolute Gasteiger partial charge is 0.489 e. The molecule has 0 spiro atoms. The second-order valence-corrected chi connectivity index (χ2v) is 8.27. The van der Waals surface area contributed by atoms with Crippen molar-refractivity contribution in [2.75, 3.05) is 5.33 Å². The molecule has 35 heavy (non-hydrogen) atoms. The molecule has 4 aromatic carbocycles. The summed E-state index contributed by atoms with van der Waals surface area (Å²) in [5.41, 5.74) is 3.65. The molecule has 0 atom stereocenters. The number of alkyl halides is 1. The van der Waals surface area contributed by atoms with Crippen molar-refractivity contribution in [1.29, 1.82) is 0 Å². The molecule has 0 aromatic heterocycles. The van der Waals surface area contributed by atoms with Crippen molar-refractivity contribution < 1.29 is 19.1 Å². The lowest BCUT2D eigenvalue weighted by Gasteiger charge is -2.06. The van der Waals surface area contributed by atoms with E-state index < -0.39 is 0 Å². The summed E-state index contributed by atoms with van der Waals surface area (Å²) in [5, 5.41) is 0.344. The van der Waals surface area contributed by atoms with Gasteiger partial charge in [0, 0.05) is 11.1 Å². The van der Waals surface area contributed by atoms with E-state index in [1.54, 1.807) is 31.2 Å². The molecular formula is C30H27BrO4. The highest BCUT2D eigenvalue weighted by Gasteiger charge is 2.03. The Hall–Kier alpha value is -3.70. The zero-order valence-electron chi connectivity index (χ0n) is 19.5. The van der Waals surface area contributed by atoms with Crippen LogP contribution in [-0.2, 0) is 13.2 Å². The maximum absolute atomic E-state index is 11.4. The Balaban J connectivity index is 0.000000196. The van der Waals surface area contributed by atoms with Crippen LogP contribution in [0.1, 0.15) is 38.8 Å². The third kappa shape index (κ3) is 8.87. The van der Waals surface area contributed by atoms with E-state index in [9.17, 15) is 9.59 Å². The quantitative estimate of drug-likeness (QED) is 0.168. The van der Waals surface area contributed by atoms with E-state index in [0.29, 0.717) is 29.7 Å². The van der Waals surface area contributed by atoms with Crippen LogP contribution in [0.3, 0.4) is 0 Å². The number of benzene rings is 4. The van der Waals surface area contributed by atoms with E-state index in [1.165, 1.54) is 0 Å². The molecule has 0 N–H and O–H groups in total. The number of rotatable bonds is 9. The van der Waals surface area contributed by atoms with Crippen molar-refractivity contribution in [3.05, 3.63) is 131 Å². The van der Waals surface area contributed by atoms with Crippen LogP contribution >= 0.6 is 15.9 Å². The predicted molar refractivity (Wildman–Crippen MR) is 143 cm³/mol. The first-order chi connectivity index (χ1) is 17.0. The van der Waals surface area contributed by atoms with E-state index >= 15 is 0 Å². The van der Waals surface area contributed by atoms with Crippen LogP contribution in [0.15, 0.2) is 109 Å². The first-order valence-corrected chi connectivity index (χ1v) is 12.3. The summed E-state index contributed by atoms with van der Waals surface area (Å²) in [6, 6.07) is 34.4. The van der Waals surface area contributed by atoms with E-state index in [-0.39, 0.29) is 11.6 Å². The minimum absolute atomic E-state index is 0.0691. The van der Waals surface area contributed by atoms with Gasteiger partial charge in [0.05, 0.1) is 5.33 Å². The summed E-state index contributed by atoms with van der Waals surface area (Å²) >= 11 is 3.15. The van der Waals surface area contributed by atoms with Crippen molar-refractivity contribution in [3.63, 3.8) is 0 Å². The van der Waals surface area contributed by atoms with Gasteiger partial charge >= 0.3 is 0 Å². The van der Waals surface area contributed by atoms with Crippen LogP contribution in [0, 0.1) is 0 Å². The van der Waals surface area contributed by atoms with Crippen molar-refractivity contribution in [2.24, 2.45) is 0 Å². The molecule has 0 fully saturated rings. The van der Waals surface area contributed by atoms with Crippen LogP contribution in [0.5, 0.6) is 11.5 Å². The minimum Gasteiger partial charge on any atom is -0.489 e. The van der Waals surface area contributed by atoms with Crippen LogP contribution in [-0.4, -0.2) is 16.9 Å². The average Bonchev–Trinajstić information content (AvgIpc) is 2.92. The van der Waals surface area contributed by atoms with Gasteiger partial charge in [-0.2, -0.15) is 0 Å². The molecule has 0 unspecified atom stereocenters. The van der Waals surface area contributed by atoms with Gasteiger partial charge in [0.25, 0.3) is 0 Å². The number of hydrogen-bond donors (Lipinski definition) is 0. The lowest BCUT2D eigenvalue weighted by molar-refractivity contribution is 0.101. The number of Topliss-reactive ketones (excluding diaryl/α,β-unsaturated/α-hetero) is 2. The molecule has 5 heteroatoms. The van der Waals surface area contributed by atoms with Crippen LogP contribution in [0.25, 0.3) is 0 Å². The van der Waals surface area contributed by atoms with Gasteiger partial charge in [-0.05, 0) is 66.6 Å². The molecule has 178 valence electrons. The van der Waals surface area contributed by atoms with Crippen LogP contribution in [0.4, 0.5) is 0 Å². The smallest absolute Gasteiger partial charge is 0.173 e. The Morgan fingerprint density at radius 1 is 0.600 bits per heavy atom. The maximum atomic E-state index is 11.4. The Kier molecular flexibility index (Phi) is 10.3. The summed E-state index contributed by atoms with van der Waals surface area (Å²) in [4.78, 5) is 22.5. The number of carbonyl (C=O) groups is 2. The fraction of sp³-hybridized carbons (Fsp3) is 0.133. The average molecular weight is 531 g/mol. The van der Waals surface area contributed by atoms with E-state index in [4.69, 9.17) is 9.47 Å². The molecular weight excluding hydrogens is 504 g/mol. The van der Waals surface area contributed by atoms with Gasteiger partial charge in [-0.15, -0.1) is 0 Å². The van der Waals surface area contributed by atoms with Gasteiger partial charge in [0.15, 0.2) is 11.6 Å². The zero-order valence-corrected chi connectivity index (χ0v) is 21.1. The lowest BCUT2D eigenvalue weighted by atomic mass is 10.1. The van der Waals surface area contributed by atoms with Gasteiger partial charge in [-0.1, -0.05) is 76.6 Å². The second-order valence-electron chi connectivity index (χ2n) is 7.71. The van der Waals surface area contributed by atoms with E-state index in [1.807, 2.05) is 84.9 Å². The highest BCUT2D eigenvalue weighted by atomic mass is 79.9. The van der Waals surface area contributed by atoms with Crippen molar-refractivity contribution in [3.8, 4) is 11.5 Å². The SMILES string of the molecule is CC(=O)c1ccc(OCc2ccccc2)cc1.O=C(CBr)c1ccc(OCc2ccccc2)cc1. The van der Waals surface area contributed by atoms with Gasteiger partial charge < -0.3 is 9.47 Å². The van der Waals surface area contributed by atoms with Gasteiger partial charge in [-0.25, -0.2) is 0 Å². The van der Waals surface area contributed by atoms with Gasteiger partial charge in [0.1, 0.15) is 24.7 Å². The topological polar surface area (TPSA) is 52.6 Å². The molecule has 4 nitrogen and oxygen atoms in total. The first kappa shape index (κ1) is 25.9. The van der Waals surface area contributed by atoms with Crippen LogP contribution in [0.2, 0.25) is 0 Å². The third-order valence-electron chi connectivity index (χ3n) is 5.06. The van der Waals surface area contributed by atoms with Crippen molar-refractivity contribution in [2.45, 2.75) is 20.1 Å². The van der Waals surface area contributed by atoms with Crippen molar-refractivity contribution >= 4 is 27.5 Å². The normalized spacial score (nSPS) is 10.0. The number of carbonyl (C=O) groups excluding carboxylic acids is 2. The summed E-state index contributed by atoms with van der Waals surface area (Å²) in [7, 11) is 0. The number of hydrogen-bond acceptors (Lipinski definition) is 4. The summed E-state index contributed by atoms with van der Waals surface area (Å²) in [6.45, 7) is 2.63. The molecule has 0 aliphatic rings. The molecule has 4 rings (SSSR count). The van der Waals surface area contributed by atoms with Crippen LogP contribution < -0.4 is 9.47 Å². The molecule has 4 aromatic rings. The monoisotopic (exact) mass is 530 g/mol. The van der Waals surface area contributed by atoms with E-state index in [2.05, 4.69) is 15.9 Å². The molecule has 0 radical (unpaired) electrons. The molecule has 0 aliphatic heterocycles. The summed E-state index contributed by atoms with van der Waals surface area (Å²) < 4.78 is 11.3. The molecule has 0 saturated heterocycles. The molecule has 0 bridgehead atoms. The first-order valence-electron chi connectivity index (χ1n) is 11.2. The molecule has 0 heterocycles. The lowest BCUT2D eigenvalue weighted by Crippen LogP contribution is -2.00. The predicted octanol–water partition coefficient (Wildman–Crippen LogP) is 7.31. The Morgan fingerprint density at radius 3 is 1.37 bits per heavy atom. The van der Waals surface area contributed by atoms with Gasteiger partial charge in [-0.3, -0.25) is 9.59 Å². The second kappa shape index (κ2) is 13.9. The third-order valence-corrected chi connectivity index (χ3v) is 5.56. The minimum atomic E-state index is 0.0691. The summed E-state index contributed by atoms with van der Waals surface area (Å²) in [6.07, 6.45) is 0. The van der Waals surface area contributed by atoms with E-state index in [0.717, 1.165) is 22.6 Å².